The minimum Gasteiger partial charge on any atom is -0.550 e. The van der Waals surface area contributed by atoms with Crippen LogP contribution in [0.2, 0.25) is 0 Å². The summed E-state index contributed by atoms with van der Waals surface area (Å²) in [7, 11) is 0. The molecule has 4 rings (SSSR count). The van der Waals surface area contributed by atoms with Gasteiger partial charge in [0.2, 0.25) is 0 Å². The summed E-state index contributed by atoms with van der Waals surface area (Å²) in [6.45, 7) is 0. The molecule has 196 valence electrons. The SMILES string of the molecule is O=C([O-])CC(SC1CCCC1)SC1CCCC1.O=C([O-])CC(SC1CCCC1)SC1CCCC1.[Ca+2]. The van der Waals surface area contributed by atoms with Crippen LogP contribution >= 0.6 is 47.0 Å². The van der Waals surface area contributed by atoms with Gasteiger partial charge in [0.05, 0.1) is 9.16 Å². The molecule has 4 fully saturated rings. The van der Waals surface area contributed by atoms with Crippen LogP contribution in [0.3, 0.4) is 0 Å². The Hall–Kier alpha value is 1.60. The number of aliphatic carboxylic acids is 2. The molecule has 35 heavy (non-hydrogen) atoms. The topological polar surface area (TPSA) is 80.3 Å². The normalized spacial score (nSPS) is 22.0. The van der Waals surface area contributed by atoms with Gasteiger partial charge in [-0.15, -0.1) is 47.0 Å². The van der Waals surface area contributed by atoms with E-state index in [1.165, 1.54) is 103 Å². The quantitative estimate of drug-likeness (QED) is 0.227. The number of thioether (sulfide) groups is 4. The number of hydrogen-bond donors (Lipinski definition) is 0. The Balaban J connectivity index is 0.000000240. The van der Waals surface area contributed by atoms with Gasteiger partial charge < -0.3 is 19.8 Å². The van der Waals surface area contributed by atoms with Crippen molar-refractivity contribution < 1.29 is 19.8 Å². The van der Waals surface area contributed by atoms with Crippen LogP contribution in [0.1, 0.15) is 116 Å². The van der Waals surface area contributed by atoms with E-state index in [1.807, 2.05) is 47.0 Å². The van der Waals surface area contributed by atoms with E-state index < -0.39 is 11.9 Å². The molecule has 0 atom stereocenters. The maximum absolute atomic E-state index is 10.8. The van der Waals surface area contributed by atoms with Crippen LogP contribution in [-0.2, 0) is 9.59 Å². The van der Waals surface area contributed by atoms with Crippen molar-refractivity contribution in [3.63, 3.8) is 0 Å². The average Bonchev–Trinajstić information content (AvgIpc) is 3.57. The average molecular weight is 587 g/mol. The van der Waals surface area contributed by atoms with Crippen LogP contribution in [-0.4, -0.2) is 79.8 Å². The number of hydrogen-bond acceptors (Lipinski definition) is 8. The molecule has 0 bridgehead atoms. The maximum Gasteiger partial charge on any atom is 2.00 e. The fraction of sp³-hybridized carbons (Fsp3) is 0.923. The second-order valence-corrected chi connectivity index (χ2v) is 16.8. The Morgan fingerprint density at radius 2 is 0.714 bits per heavy atom. The van der Waals surface area contributed by atoms with Gasteiger partial charge in [-0.3, -0.25) is 0 Å². The van der Waals surface area contributed by atoms with Crippen molar-refractivity contribution in [1.29, 1.82) is 0 Å². The van der Waals surface area contributed by atoms with Crippen LogP contribution in [0, 0.1) is 0 Å². The van der Waals surface area contributed by atoms with Crippen molar-refractivity contribution >= 4 is 96.7 Å². The molecule has 4 aliphatic rings. The van der Waals surface area contributed by atoms with Crippen molar-refractivity contribution in [2.75, 3.05) is 0 Å². The summed E-state index contributed by atoms with van der Waals surface area (Å²) in [4.78, 5) is 21.6. The summed E-state index contributed by atoms with van der Waals surface area (Å²) < 4.78 is 0.456. The number of carbonyl (C=O) groups excluding carboxylic acids is 2. The van der Waals surface area contributed by atoms with E-state index in [0.29, 0.717) is 21.0 Å². The zero-order valence-corrected chi connectivity index (χ0v) is 26.6. The van der Waals surface area contributed by atoms with Crippen molar-refractivity contribution in [2.24, 2.45) is 0 Å². The van der Waals surface area contributed by atoms with Crippen LogP contribution in [0.15, 0.2) is 0 Å². The molecular formula is C26H42CaO4S4. The summed E-state index contributed by atoms with van der Waals surface area (Å²) in [6, 6.07) is 0. The summed E-state index contributed by atoms with van der Waals surface area (Å²) in [6.07, 6.45) is 21.3. The first-order chi connectivity index (χ1) is 16.5. The predicted octanol–water partition coefficient (Wildman–Crippen LogP) is 5.23. The molecule has 0 N–H and O–H groups in total. The molecule has 0 aliphatic heterocycles. The van der Waals surface area contributed by atoms with Crippen molar-refractivity contribution in [3.05, 3.63) is 0 Å². The molecule has 4 saturated carbocycles. The molecule has 0 amide bonds. The Labute approximate surface area is 259 Å². The van der Waals surface area contributed by atoms with Crippen LogP contribution in [0.4, 0.5) is 0 Å². The minimum absolute atomic E-state index is 0. The summed E-state index contributed by atoms with van der Waals surface area (Å²) in [5.74, 6) is -1.77. The zero-order valence-electron chi connectivity index (χ0n) is 21.2. The van der Waals surface area contributed by atoms with Gasteiger partial charge >= 0.3 is 37.7 Å². The summed E-state index contributed by atoms with van der Waals surface area (Å²) >= 11 is 7.64. The van der Waals surface area contributed by atoms with Crippen LogP contribution in [0.25, 0.3) is 0 Å². The van der Waals surface area contributed by atoms with Gasteiger partial charge in [-0.25, -0.2) is 0 Å². The Bertz CT molecular complexity index is 514. The molecule has 0 aromatic heterocycles. The van der Waals surface area contributed by atoms with E-state index in [9.17, 15) is 19.8 Å². The molecule has 0 aromatic carbocycles. The third kappa shape index (κ3) is 14.0. The van der Waals surface area contributed by atoms with E-state index in [2.05, 4.69) is 0 Å². The Morgan fingerprint density at radius 1 is 0.514 bits per heavy atom. The molecule has 0 radical (unpaired) electrons. The van der Waals surface area contributed by atoms with Gasteiger partial charge in [-0.05, 0) is 51.4 Å². The molecular weight excluding hydrogens is 545 g/mol. The van der Waals surface area contributed by atoms with Gasteiger partial charge in [0.15, 0.2) is 0 Å². The summed E-state index contributed by atoms with van der Waals surface area (Å²) in [5, 5.41) is 24.4. The first-order valence-electron chi connectivity index (χ1n) is 13.5. The molecule has 0 aromatic rings. The molecule has 0 spiro atoms. The maximum atomic E-state index is 10.8. The van der Waals surface area contributed by atoms with Gasteiger partial charge in [0.1, 0.15) is 0 Å². The molecule has 4 nitrogen and oxygen atoms in total. The Kier molecular flexibility index (Phi) is 17.6. The second kappa shape index (κ2) is 18.8. The van der Waals surface area contributed by atoms with E-state index in [1.54, 1.807) is 0 Å². The molecule has 4 aliphatic carbocycles. The molecule has 0 saturated heterocycles. The van der Waals surface area contributed by atoms with E-state index in [0.717, 1.165) is 0 Å². The van der Waals surface area contributed by atoms with E-state index in [4.69, 9.17) is 0 Å². The van der Waals surface area contributed by atoms with Crippen LogP contribution < -0.4 is 10.2 Å². The standard InChI is InChI=1S/2C13H22O2S2.Ca/c2*14-12(15)9-13(16-10-5-1-2-6-10)17-11-7-3-4-8-11;/h2*10-11,13H,1-9H2,(H,14,15);/q;;+2/p-2. The van der Waals surface area contributed by atoms with Crippen molar-refractivity contribution in [3.8, 4) is 0 Å². The van der Waals surface area contributed by atoms with Crippen molar-refractivity contribution in [1.82, 2.24) is 0 Å². The molecule has 9 heteroatoms. The number of carbonyl (C=O) groups is 2. The van der Waals surface area contributed by atoms with Gasteiger partial charge in [0, 0.05) is 45.8 Å². The fourth-order valence-electron chi connectivity index (χ4n) is 5.49. The first-order valence-corrected chi connectivity index (χ1v) is 17.3. The van der Waals surface area contributed by atoms with Gasteiger partial charge in [-0.1, -0.05) is 51.4 Å². The third-order valence-electron chi connectivity index (χ3n) is 7.25. The number of carboxylic acids is 2. The monoisotopic (exact) mass is 586 g/mol. The first kappa shape index (κ1) is 32.8. The molecule has 0 unspecified atom stereocenters. The second-order valence-electron chi connectivity index (χ2n) is 10.2. The summed E-state index contributed by atoms with van der Waals surface area (Å²) in [5.41, 5.74) is 0. The van der Waals surface area contributed by atoms with Gasteiger partial charge in [0.25, 0.3) is 0 Å². The fourth-order valence-corrected chi connectivity index (χ4v) is 13.0. The molecule has 0 heterocycles. The van der Waals surface area contributed by atoms with Gasteiger partial charge in [-0.2, -0.15) is 0 Å². The smallest absolute Gasteiger partial charge is 0.550 e. The zero-order chi connectivity index (χ0) is 24.2. The van der Waals surface area contributed by atoms with E-state index >= 15 is 0 Å². The number of carboxylic acid groups (broad SMARTS) is 2. The van der Waals surface area contributed by atoms with Crippen molar-refractivity contribution in [2.45, 2.75) is 146 Å². The number of rotatable bonds is 12. The Morgan fingerprint density at radius 3 is 0.886 bits per heavy atom. The van der Waals surface area contributed by atoms with E-state index in [-0.39, 0.29) is 59.7 Å². The third-order valence-corrected chi connectivity index (χ3v) is 13.9. The largest absolute Gasteiger partial charge is 2.00 e. The van der Waals surface area contributed by atoms with Crippen LogP contribution in [0.5, 0.6) is 0 Å². The minimum atomic E-state index is -0.883. The predicted molar refractivity (Wildman–Crippen MR) is 152 cm³/mol.